The number of rotatable bonds is 6. The van der Waals surface area contributed by atoms with Crippen LogP contribution < -0.4 is 9.47 Å². The predicted octanol–water partition coefficient (Wildman–Crippen LogP) is 4.79. The monoisotopic (exact) mass is 457 g/mol. The van der Waals surface area contributed by atoms with Crippen molar-refractivity contribution in [2.24, 2.45) is 0 Å². The number of para-hydroxylation sites is 1. The van der Waals surface area contributed by atoms with Crippen molar-refractivity contribution in [2.45, 2.75) is 20.0 Å². The highest BCUT2D eigenvalue weighted by Crippen LogP contribution is 2.30. The molecule has 3 aromatic carbocycles. The Hall–Kier alpha value is -3.51. The molecule has 0 aliphatic carbocycles. The van der Waals surface area contributed by atoms with Gasteiger partial charge in [0.25, 0.3) is 5.91 Å². The first-order chi connectivity index (χ1) is 16.6. The van der Waals surface area contributed by atoms with Crippen LogP contribution in [0.25, 0.3) is 21.8 Å². The molecule has 176 valence electrons. The molecule has 6 nitrogen and oxygen atoms in total. The number of carbonyl (C=O) groups is 1. The Morgan fingerprint density at radius 1 is 0.824 bits per heavy atom. The van der Waals surface area contributed by atoms with Crippen molar-refractivity contribution in [1.82, 2.24) is 14.4 Å². The van der Waals surface area contributed by atoms with E-state index in [1.807, 2.05) is 4.90 Å². The van der Waals surface area contributed by atoms with E-state index in [0.717, 1.165) is 26.2 Å². The molecular formula is C28H31N3O3. The fraction of sp³-hybridized carbons (Fsp3) is 0.321. The third-order valence-electron chi connectivity index (χ3n) is 6.85. The summed E-state index contributed by atoms with van der Waals surface area (Å²) in [5.41, 5.74) is 4.52. The van der Waals surface area contributed by atoms with Crippen molar-refractivity contribution in [2.75, 3.05) is 40.4 Å². The minimum absolute atomic E-state index is 0.0365. The summed E-state index contributed by atoms with van der Waals surface area (Å²) in [6, 6.07) is 20.8. The van der Waals surface area contributed by atoms with Crippen LogP contribution in [0.4, 0.5) is 0 Å². The molecule has 4 aromatic rings. The van der Waals surface area contributed by atoms with E-state index in [9.17, 15) is 4.79 Å². The lowest BCUT2D eigenvalue weighted by Gasteiger charge is -2.35. The number of benzene rings is 3. The Balaban J connectivity index is 1.27. The molecule has 1 saturated heterocycles. The van der Waals surface area contributed by atoms with Gasteiger partial charge in [-0.2, -0.15) is 0 Å². The first-order valence-corrected chi connectivity index (χ1v) is 11.9. The predicted molar refractivity (Wildman–Crippen MR) is 136 cm³/mol. The number of carbonyl (C=O) groups excluding carboxylic acids is 1. The molecule has 5 rings (SSSR count). The van der Waals surface area contributed by atoms with Gasteiger partial charge in [-0.3, -0.25) is 9.69 Å². The highest BCUT2D eigenvalue weighted by atomic mass is 16.5. The molecule has 6 heteroatoms. The van der Waals surface area contributed by atoms with Crippen LogP contribution in [0.2, 0.25) is 0 Å². The summed E-state index contributed by atoms with van der Waals surface area (Å²) in [6.45, 7) is 7.18. The van der Waals surface area contributed by atoms with Crippen LogP contribution in [0, 0.1) is 0 Å². The van der Waals surface area contributed by atoms with Crippen molar-refractivity contribution in [3.63, 3.8) is 0 Å². The standard InChI is InChI=1S/C28H31N3O3/c1-4-31-24-8-6-5-7-22(24)23-17-20(9-11-25(23)31)19-29-13-15-30(16-14-29)28(32)21-10-12-26(33-2)27(18-21)34-3/h5-12,17-18H,4,13-16,19H2,1-3H3. The second-order valence-corrected chi connectivity index (χ2v) is 8.75. The van der Waals surface area contributed by atoms with Crippen LogP contribution in [0.1, 0.15) is 22.8 Å². The number of fused-ring (bicyclic) bond motifs is 3. The summed E-state index contributed by atoms with van der Waals surface area (Å²) in [4.78, 5) is 17.4. The molecule has 0 bridgehead atoms. The Bertz CT molecular complexity index is 1340. The molecule has 0 spiro atoms. The summed E-state index contributed by atoms with van der Waals surface area (Å²) < 4.78 is 13.0. The second kappa shape index (κ2) is 9.39. The number of hydrogen-bond acceptors (Lipinski definition) is 4. The highest BCUT2D eigenvalue weighted by Gasteiger charge is 2.23. The van der Waals surface area contributed by atoms with Crippen molar-refractivity contribution in [3.8, 4) is 11.5 Å². The van der Waals surface area contributed by atoms with Gasteiger partial charge in [0.2, 0.25) is 0 Å². The zero-order chi connectivity index (χ0) is 23.7. The summed E-state index contributed by atoms with van der Waals surface area (Å²) in [5, 5.41) is 2.63. The summed E-state index contributed by atoms with van der Waals surface area (Å²) >= 11 is 0. The van der Waals surface area contributed by atoms with Gasteiger partial charge in [-0.25, -0.2) is 0 Å². The Morgan fingerprint density at radius 3 is 2.29 bits per heavy atom. The molecule has 34 heavy (non-hydrogen) atoms. The van der Waals surface area contributed by atoms with Crippen LogP contribution in [-0.4, -0.2) is 60.7 Å². The maximum Gasteiger partial charge on any atom is 0.254 e. The maximum atomic E-state index is 13.0. The van der Waals surface area contributed by atoms with E-state index >= 15 is 0 Å². The zero-order valence-corrected chi connectivity index (χ0v) is 20.1. The van der Waals surface area contributed by atoms with E-state index in [1.54, 1.807) is 32.4 Å². The van der Waals surface area contributed by atoms with Crippen molar-refractivity contribution < 1.29 is 14.3 Å². The van der Waals surface area contributed by atoms with E-state index in [1.165, 1.54) is 27.4 Å². The Kier molecular flexibility index (Phi) is 6.16. The smallest absolute Gasteiger partial charge is 0.254 e. The average Bonchev–Trinajstić information content (AvgIpc) is 3.21. The SMILES string of the molecule is CCn1c2ccccc2c2cc(CN3CCN(C(=O)c4ccc(OC)c(OC)c4)CC3)ccc21. The number of nitrogens with zero attached hydrogens (tertiary/aromatic N) is 3. The summed E-state index contributed by atoms with van der Waals surface area (Å²) in [6.07, 6.45) is 0. The number of methoxy groups -OCH3 is 2. The number of hydrogen-bond donors (Lipinski definition) is 0. The number of piperazine rings is 1. The fourth-order valence-electron chi connectivity index (χ4n) is 5.06. The van der Waals surface area contributed by atoms with Gasteiger partial charge in [-0.15, -0.1) is 0 Å². The number of aromatic nitrogens is 1. The van der Waals surface area contributed by atoms with Crippen LogP contribution in [0.15, 0.2) is 60.7 Å². The highest BCUT2D eigenvalue weighted by molar-refractivity contribution is 6.08. The van der Waals surface area contributed by atoms with Crippen molar-refractivity contribution in [3.05, 3.63) is 71.8 Å². The first kappa shape index (κ1) is 22.3. The lowest BCUT2D eigenvalue weighted by atomic mass is 10.1. The molecule has 1 aromatic heterocycles. The number of amides is 1. The van der Waals surface area contributed by atoms with Gasteiger partial charge in [0.05, 0.1) is 14.2 Å². The number of aryl methyl sites for hydroxylation is 1. The normalized spacial score (nSPS) is 14.6. The van der Waals surface area contributed by atoms with Gasteiger partial charge in [-0.1, -0.05) is 24.3 Å². The molecule has 2 heterocycles. The molecule has 0 unspecified atom stereocenters. The third-order valence-corrected chi connectivity index (χ3v) is 6.85. The van der Waals surface area contributed by atoms with Crippen molar-refractivity contribution in [1.29, 1.82) is 0 Å². The van der Waals surface area contributed by atoms with E-state index in [2.05, 4.69) is 58.9 Å². The fourth-order valence-corrected chi connectivity index (χ4v) is 5.06. The summed E-state index contributed by atoms with van der Waals surface area (Å²) in [7, 11) is 3.18. The summed E-state index contributed by atoms with van der Waals surface area (Å²) in [5.74, 6) is 1.24. The van der Waals surface area contributed by atoms with Crippen LogP contribution in [0.3, 0.4) is 0 Å². The minimum atomic E-state index is 0.0365. The molecule has 1 fully saturated rings. The molecule has 0 radical (unpaired) electrons. The second-order valence-electron chi connectivity index (χ2n) is 8.75. The van der Waals surface area contributed by atoms with Crippen molar-refractivity contribution >= 4 is 27.7 Å². The van der Waals surface area contributed by atoms with Gasteiger partial charge in [0.15, 0.2) is 11.5 Å². The van der Waals surface area contributed by atoms with Gasteiger partial charge in [0, 0.05) is 66.6 Å². The molecule has 0 N–H and O–H groups in total. The topological polar surface area (TPSA) is 46.9 Å². The Morgan fingerprint density at radius 2 is 1.56 bits per heavy atom. The lowest BCUT2D eigenvalue weighted by molar-refractivity contribution is 0.0628. The van der Waals surface area contributed by atoms with Gasteiger partial charge < -0.3 is 18.9 Å². The van der Waals surface area contributed by atoms with Gasteiger partial charge in [-0.05, 0) is 48.9 Å². The van der Waals surface area contributed by atoms with Gasteiger partial charge >= 0.3 is 0 Å². The molecule has 0 saturated carbocycles. The third kappa shape index (κ3) is 3.99. The first-order valence-electron chi connectivity index (χ1n) is 11.9. The average molecular weight is 458 g/mol. The molecule has 1 aliphatic heterocycles. The maximum absolute atomic E-state index is 13.0. The Labute approximate surface area is 200 Å². The minimum Gasteiger partial charge on any atom is -0.493 e. The van der Waals surface area contributed by atoms with Crippen LogP contribution in [-0.2, 0) is 13.1 Å². The van der Waals surface area contributed by atoms with Gasteiger partial charge in [0.1, 0.15) is 0 Å². The molecule has 1 amide bonds. The quantitative estimate of drug-likeness (QED) is 0.418. The molecular weight excluding hydrogens is 426 g/mol. The van der Waals surface area contributed by atoms with E-state index in [0.29, 0.717) is 30.2 Å². The zero-order valence-electron chi connectivity index (χ0n) is 20.1. The van der Waals surface area contributed by atoms with Crippen LogP contribution in [0.5, 0.6) is 11.5 Å². The van der Waals surface area contributed by atoms with E-state index in [-0.39, 0.29) is 5.91 Å². The molecule has 0 atom stereocenters. The lowest BCUT2D eigenvalue weighted by Crippen LogP contribution is -2.48. The number of ether oxygens (including phenoxy) is 2. The van der Waals surface area contributed by atoms with E-state index in [4.69, 9.17) is 9.47 Å². The molecule has 1 aliphatic rings. The van der Waals surface area contributed by atoms with Crippen LogP contribution >= 0.6 is 0 Å². The van der Waals surface area contributed by atoms with E-state index < -0.39 is 0 Å². The largest absolute Gasteiger partial charge is 0.493 e.